The first-order chi connectivity index (χ1) is 8.51. The van der Waals surface area contributed by atoms with Gasteiger partial charge in [-0.25, -0.2) is 4.79 Å². The highest BCUT2D eigenvalue weighted by molar-refractivity contribution is 7.71. The van der Waals surface area contributed by atoms with E-state index >= 15 is 0 Å². The summed E-state index contributed by atoms with van der Waals surface area (Å²) in [6, 6.07) is -0.00444. The molecular weight excluding hydrogens is 252 g/mol. The molecular formula is C11H16N4O2S. The van der Waals surface area contributed by atoms with Crippen LogP contribution in [0.1, 0.15) is 33.2 Å². The summed E-state index contributed by atoms with van der Waals surface area (Å²) in [7, 11) is 0. The molecule has 2 heterocycles. The fourth-order valence-corrected chi connectivity index (χ4v) is 2.40. The van der Waals surface area contributed by atoms with Crippen LogP contribution in [0.5, 0.6) is 0 Å². The van der Waals surface area contributed by atoms with E-state index < -0.39 is 11.2 Å². The van der Waals surface area contributed by atoms with Gasteiger partial charge in [0.2, 0.25) is 0 Å². The maximum atomic E-state index is 11.9. The standard InChI is InChI=1S/C11H16N4O2S/c1-4-6(3)15-8-7(9(16)13-10(15)17)14(5-2)11(18)12-8/h6H,4-5H2,1-3H3,(H,12,18)(H,13,16,17). The van der Waals surface area contributed by atoms with E-state index in [1.807, 2.05) is 20.8 Å². The van der Waals surface area contributed by atoms with Crippen LogP contribution in [-0.2, 0) is 6.54 Å². The summed E-state index contributed by atoms with van der Waals surface area (Å²) in [6.45, 7) is 6.40. The summed E-state index contributed by atoms with van der Waals surface area (Å²) in [5.41, 5.74) is 0.137. The predicted octanol–water partition coefficient (Wildman–Crippen LogP) is 1.54. The van der Waals surface area contributed by atoms with Crippen LogP contribution in [0.4, 0.5) is 0 Å². The van der Waals surface area contributed by atoms with E-state index in [0.717, 1.165) is 6.42 Å². The third-order valence-electron chi connectivity index (χ3n) is 3.21. The van der Waals surface area contributed by atoms with E-state index in [1.54, 1.807) is 9.13 Å². The number of hydrogen-bond acceptors (Lipinski definition) is 3. The van der Waals surface area contributed by atoms with Crippen LogP contribution in [0.15, 0.2) is 9.59 Å². The summed E-state index contributed by atoms with van der Waals surface area (Å²) in [5, 5.41) is 0. The van der Waals surface area contributed by atoms with Crippen molar-refractivity contribution in [1.29, 1.82) is 0 Å². The molecule has 2 rings (SSSR count). The zero-order chi connectivity index (χ0) is 13.4. The van der Waals surface area contributed by atoms with Crippen LogP contribution in [0, 0.1) is 4.77 Å². The van der Waals surface area contributed by atoms with Crippen molar-refractivity contribution in [3.8, 4) is 0 Å². The average molecular weight is 268 g/mol. The highest BCUT2D eigenvalue weighted by Crippen LogP contribution is 2.14. The lowest BCUT2D eigenvalue weighted by Crippen LogP contribution is -2.32. The fourth-order valence-electron chi connectivity index (χ4n) is 2.08. The first kappa shape index (κ1) is 12.8. The molecule has 1 unspecified atom stereocenters. The highest BCUT2D eigenvalue weighted by atomic mass is 32.1. The molecule has 0 fully saturated rings. The second-order valence-corrected chi connectivity index (χ2v) is 4.64. The van der Waals surface area contributed by atoms with Gasteiger partial charge in [0, 0.05) is 12.6 Å². The number of aromatic amines is 2. The van der Waals surface area contributed by atoms with Gasteiger partial charge in [0.15, 0.2) is 10.3 Å². The van der Waals surface area contributed by atoms with Gasteiger partial charge in [0.1, 0.15) is 5.65 Å². The molecule has 0 amide bonds. The third-order valence-corrected chi connectivity index (χ3v) is 3.53. The Morgan fingerprint density at radius 3 is 2.50 bits per heavy atom. The molecule has 0 radical (unpaired) electrons. The third kappa shape index (κ3) is 1.74. The lowest BCUT2D eigenvalue weighted by Gasteiger charge is -2.13. The number of fused-ring (bicyclic) bond motifs is 1. The number of nitrogens with one attached hydrogen (secondary N) is 2. The molecule has 0 bridgehead atoms. The number of aromatic nitrogens is 4. The van der Waals surface area contributed by atoms with E-state index in [2.05, 4.69) is 9.97 Å². The molecule has 0 saturated heterocycles. The van der Waals surface area contributed by atoms with Crippen LogP contribution >= 0.6 is 12.2 Å². The average Bonchev–Trinajstić information content (AvgIpc) is 2.65. The summed E-state index contributed by atoms with van der Waals surface area (Å²) < 4.78 is 3.71. The zero-order valence-electron chi connectivity index (χ0n) is 10.6. The molecule has 0 aliphatic carbocycles. The smallest absolute Gasteiger partial charge is 0.316 e. The van der Waals surface area contributed by atoms with Gasteiger partial charge in [-0.3, -0.25) is 14.3 Å². The highest BCUT2D eigenvalue weighted by Gasteiger charge is 2.16. The van der Waals surface area contributed by atoms with E-state index in [4.69, 9.17) is 12.2 Å². The van der Waals surface area contributed by atoms with Gasteiger partial charge < -0.3 is 9.55 Å². The molecule has 2 aromatic rings. The van der Waals surface area contributed by atoms with Crippen molar-refractivity contribution in [1.82, 2.24) is 19.1 Å². The van der Waals surface area contributed by atoms with Gasteiger partial charge in [-0.2, -0.15) is 0 Å². The summed E-state index contributed by atoms with van der Waals surface area (Å²) in [4.78, 5) is 29.1. The predicted molar refractivity (Wildman–Crippen MR) is 72.7 cm³/mol. The van der Waals surface area contributed by atoms with Crippen molar-refractivity contribution in [2.75, 3.05) is 0 Å². The van der Waals surface area contributed by atoms with Gasteiger partial charge >= 0.3 is 5.69 Å². The largest absolute Gasteiger partial charge is 0.330 e. The number of hydrogen-bond donors (Lipinski definition) is 2. The quantitative estimate of drug-likeness (QED) is 0.829. The maximum absolute atomic E-state index is 11.9. The Morgan fingerprint density at radius 2 is 1.94 bits per heavy atom. The molecule has 2 N–H and O–H groups in total. The van der Waals surface area contributed by atoms with Gasteiger partial charge in [-0.15, -0.1) is 0 Å². The molecule has 18 heavy (non-hydrogen) atoms. The minimum absolute atomic E-state index is 0.00444. The number of aryl methyl sites for hydroxylation is 1. The Balaban J connectivity index is 3.01. The Hall–Kier alpha value is -1.63. The van der Waals surface area contributed by atoms with Crippen LogP contribution < -0.4 is 11.2 Å². The van der Waals surface area contributed by atoms with Crippen LogP contribution in [0.25, 0.3) is 11.2 Å². The molecule has 0 saturated carbocycles. The molecule has 1 atom stereocenters. The first-order valence-corrected chi connectivity index (χ1v) is 6.39. The SMILES string of the molecule is CCC(C)n1c(=O)[nH]c(=O)c2c1[nH]c(=S)n2CC. The second kappa shape index (κ2) is 4.56. The minimum Gasteiger partial charge on any atom is -0.316 e. The number of nitrogens with zero attached hydrogens (tertiary/aromatic N) is 2. The Morgan fingerprint density at radius 1 is 1.28 bits per heavy atom. The Kier molecular flexibility index (Phi) is 3.25. The van der Waals surface area contributed by atoms with Crippen molar-refractivity contribution in [2.24, 2.45) is 0 Å². The fraction of sp³-hybridized carbons (Fsp3) is 0.545. The van der Waals surface area contributed by atoms with Crippen molar-refractivity contribution < 1.29 is 0 Å². The molecule has 7 heteroatoms. The van der Waals surface area contributed by atoms with Gasteiger partial charge in [-0.05, 0) is 32.5 Å². The van der Waals surface area contributed by atoms with Crippen molar-refractivity contribution >= 4 is 23.4 Å². The van der Waals surface area contributed by atoms with Gasteiger partial charge in [0.25, 0.3) is 5.56 Å². The number of H-pyrrole nitrogens is 2. The van der Waals surface area contributed by atoms with Crippen molar-refractivity contribution in [2.45, 2.75) is 39.8 Å². The summed E-state index contributed by atoms with van der Waals surface area (Å²) >= 11 is 5.18. The minimum atomic E-state index is -0.402. The Bertz CT molecular complexity index is 749. The lowest BCUT2D eigenvalue weighted by atomic mass is 10.2. The van der Waals surface area contributed by atoms with Crippen molar-refractivity contribution in [3.05, 3.63) is 25.6 Å². The molecule has 0 aromatic carbocycles. The van der Waals surface area contributed by atoms with E-state index in [-0.39, 0.29) is 6.04 Å². The van der Waals surface area contributed by atoms with Gasteiger partial charge in [0.05, 0.1) is 0 Å². The van der Waals surface area contributed by atoms with Crippen molar-refractivity contribution in [3.63, 3.8) is 0 Å². The topological polar surface area (TPSA) is 75.6 Å². The maximum Gasteiger partial charge on any atom is 0.330 e. The second-order valence-electron chi connectivity index (χ2n) is 4.26. The lowest BCUT2D eigenvalue weighted by molar-refractivity contribution is 0.517. The van der Waals surface area contributed by atoms with Gasteiger partial charge in [-0.1, -0.05) is 6.92 Å². The molecule has 98 valence electrons. The molecule has 6 nitrogen and oxygen atoms in total. The monoisotopic (exact) mass is 268 g/mol. The van der Waals surface area contributed by atoms with E-state index in [1.165, 1.54) is 0 Å². The molecule has 2 aromatic heterocycles. The van der Waals surface area contributed by atoms with E-state index in [9.17, 15) is 9.59 Å². The van der Waals surface area contributed by atoms with Crippen LogP contribution in [-0.4, -0.2) is 19.1 Å². The first-order valence-electron chi connectivity index (χ1n) is 5.98. The van der Waals surface area contributed by atoms with Crippen LogP contribution in [0.3, 0.4) is 0 Å². The number of imidazole rings is 1. The van der Waals surface area contributed by atoms with E-state index in [0.29, 0.717) is 22.5 Å². The zero-order valence-corrected chi connectivity index (χ0v) is 11.4. The van der Waals surface area contributed by atoms with Crippen LogP contribution in [0.2, 0.25) is 0 Å². The molecule has 0 aliphatic rings. The normalized spacial score (nSPS) is 13.1. The Labute approximate surface area is 108 Å². The number of rotatable bonds is 3. The molecule has 0 aliphatic heterocycles. The summed E-state index contributed by atoms with van der Waals surface area (Å²) in [5.74, 6) is 0. The summed E-state index contributed by atoms with van der Waals surface area (Å²) in [6.07, 6.45) is 0.791. The molecule has 0 spiro atoms.